The lowest BCUT2D eigenvalue weighted by Crippen LogP contribution is -2.02. The molecular weight excluding hydrogens is 256 g/mol. The lowest BCUT2D eigenvalue weighted by atomic mass is 10.1. The van der Waals surface area contributed by atoms with Crippen LogP contribution < -0.4 is 0 Å². The largest absolute Gasteiger partial charge is 0.464 e. The number of hydrogen-bond donors (Lipinski definition) is 0. The minimum atomic E-state index is -0.311. The van der Waals surface area contributed by atoms with Crippen molar-refractivity contribution in [2.24, 2.45) is 0 Å². The third-order valence-corrected chi connectivity index (χ3v) is 4.55. The van der Waals surface area contributed by atoms with Crippen LogP contribution in [0.15, 0.2) is 40.3 Å². The summed E-state index contributed by atoms with van der Waals surface area (Å²) in [4.78, 5) is 4.64. The number of furan rings is 1. The second kappa shape index (κ2) is 3.69. The van der Waals surface area contributed by atoms with Gasteiger partial charge in [0.1, 0.15) is 22.3 Å². The van der Waals surface area contributed by atoms with Crippen LogP contribution in [0.3, 0.4) is 0 Å². The highest BCUT2D eigenvalue weighted by molar-refractivity contribution is 7.13. The average molecular weight is 266 g/mol. The van der Waals surface area contributed by atoms with E-state index in [0.717, 1.165) is 40.1 Å². The van der Waals surface area contributed by atoms with Crippen molar-refractivity contribution >= 4 is 22.3 Å². The Kier molecular flexibility index (Phi) is 2.09. The molecule has 1 aliphatic rings. The second-order valence-corrected chi connectivity index (χ2v) is 5.74. The van der Waals surface area contributed by atoms with Crippen molar-refractivity contribution in [1.82, 2.24) is 4.98 Å². The molecule has 3 aromatic rings. The molecule has 0 bridgehead atoms. The maximum absolute atomic E-state index is 9.22. The highest BCUT2D eigenvalue weighted by atomic mass is 32.1. The number of nitriles is 1. The van der Waals surface area contributed by atoms with Gasteiger partial charge in [0.25, 0.3) is 0 Å². The lowest BCUT2D eigenvalue weighted by molar-refractivity contribution is 0.617. The molecule has 0 aliphatic heterocycles. The van der Waals surface area contributed by atoms with E-state index in [2.05, 4.69) is 11.1 Å². The van der Waals surface area contributed by atoms with Crippen molar-refractivity contribution in [3.8, 4) is 16.6 Å². The minimum Gasteiger partial charge on any atom is -0.464 e. The molecule has 0 amide bonds. The Labute approximate surface area is 114 Å². The van der Waals surface area contributed by atoms with Crippen LogP contribution in [-0.4, -0.2) is 4.98 Å². The molecule has 0 radical (unpaired) electrons. The first-order valence-corrected chi connectivity index (χ1v) is 7.04. The van der Waals surface area contributed by atoms with E-state index in [1.165, 1.54) is 0 Å². The van der Waals surface area contributed by atoms with Gasteiger partial charge in [-0.3, -0.25) is 0 Å². The molecule has 1 fully saturated rings. The Morgan fingerprint density at radius 2 is 2.16 bits per heavy atom. The smallest absolute Gasteiger partial charge is 0.134 e. The predicted octanol–water partition coefficient (Wildman–Crippen LogP) is 4.11. The van der Waals surface area contributed by atoms with Crippen molar-refractivity contribution in [2.75, 3.05) is 0 Å². The highest BCUT2D eigenvalue weighted by Gasteiger charge is 2.47. The maximum Gasteiger partial charge on any atom is 0.134 e. The minimum absolute atomic E-state index is 0.311. The average Bonchev–Trinajstić information content (AvgIpc) is 2.90. The molecule has 0 unspecified atom stereocenters. The van der Waals surface area contributed by atoms with Gasteiger partial charge >= 0.3 is 0 Å². The van der Waals surface area contributed by atoms with Crippen LogP contribution in [0.1, 0.15) is 18.5 Å². The topological polar surface area (TPSA) is 49.8 Å². The van der Waals surface area contributed by atoms with Gasteiger partial charge in [-0.15, -0.1) is 11.3 Å². The Bertz CT molecular complexity index is 805. The fourth-order valence-electron chi connectivity index (χ4n) is 2.31. The lowest BCUT2D eigenvalue weighted by Gasteiger charge is -1.98. The van der Waals surface area contributed by atoms with Crippen LogP contribution in [0.4, 0.5) is 0 Å². The summed E-state index contributed by atoms with van der Waals surface area (Å²) in [5.74, 6) is 0. The molecule has 92 valence electrons. The van der Waals surface area contributed by atoms with Gasteiger partial charge in [-0.05, 0) is 18.9 Å². The van der Waals surface area contributed by atoms with Gasteiger partial charge in [0, 0.05) is 10.8 Å². The van der Waals surface area contributed by atoms with E-state index in [1.807, 2.05) is 29.6 Å². The molecule has 4 heteroatoms. The maximum atomic E-state index is 9.22. The number of fused-ring (bicyclic) bond motifs is 1. The van der Waals surface area contributed by atoms with Crippen LogP contribution in [0.25, 0.3) is 21.5 Å². The van der Waals surface area contributed by atoms with E-state index in [9.17, 15) is 5.26 Å². The molecular formula is C15H10N2OS. The van der Waals surface area contributed by atoms with Crippen LogP contribution in [0.5, 0.6) is 0 Å². The number of rotatable bonds is 2. The second-order valence-electron chi connectivity index (χ2n) is 4.88. The highest BCUT2D eigenvalue weighted by Crippen LogP contribution is 2.48. The van der Waals surface area contributed by atoms with Crippen molar-refractivity contribution in [3.05, 3.63) is 41.6 Å². The quantitative estimate of drug-likeness (QED) is 0.701. The van der Waals surface area contributed by atoms with Crippen molar-refractivity contribution < 1.29 is 4.42 Å². The standard InChI is InChI=1S/C15H10N2OS/c16-9-15(5-6-15)13-8-19-14(17-13)11-7-18-12-4-2-1-3-10(11)12/h1-4,7-8H,5-6H2. The molecule has 4 rings (SSSR count). The first-order valence-electron chi connectivity index (χ1n) is 6.16. The summed E-state index contributed by atoms with van der Waals surface area (Å²) in [6, 6.07) is 10.3. The Morgan fingerprint density at radius 1 is 1.32 bits per heavy atom. The van der Waals surface area contributed by atoms with Crippen LogP contribution in [0.2, 0.25) is 0 Å². The summed E-state index contributed by atoms with van der Waals surface area (Å²) < 4.78 is 5.54. The van der Waals surface area contributed by atoms with E-state index in [4.69, 9.17) is 4.42 Å². The Morgan fingerprint density at radius 3 is 2.95 bits per heavy atom. The van der Waals surface area contributed by atoms with Gasteiger partial charge < -0.3 is 4.42 Å². The zero-order valence-corrected chi connectivity index (χ0v) is 10.9. The molecule has 19 heavy (non-hydrogen) atoms. The zero-order chi connectivity index (χ0) is 12.9. The van der Waals surface area contributed by atoms with Gasteiger partial charge in [0.2, 0.25) is 0 Å². The molecule has 1 aromatic carbocycles. The first-order chi connectivity index (χ1) is 9.32. The fourth-order valence-corrected chi connectivity index (χ4v) is 3.25. The predicted molar refractivity (Wildman–Crippen MR) is 73.8 cm³/mol. The summed E-state index contributed by atoms with van der Waals surface area (Å²) in [6.45, 7) is 0. The third kappa shape index (κ3) is 1.52. The van der Waals surface area contributed by atoms with Gasteiger partial charge in [-0.2, -0.15) is 5.26 Å². The van der Waals surface area contributed by atoms with Crippen LogP contribution >= 0.6 is 11.3 Å². The summed E-state index contributed by atoms with van der Waals surface area (Å²) >= 11 is 1.58. The molecule has 2 heterocycles. The summed E-state index contributed by atoms with van der Waals surface area (Å²) in [5, 5.41) is 13.2. The number of hydrogen-bond acceptors (Lipinski definition) is 4. The normalized spacial score (nSPS) is 16.4. The van der Waals surface area contributed by atoms with E-state index in [1.54, 1.807) is 17.6 Å². The molecule has 0 spiro atoms. The molecule has 0 atom stereocenters. The van der Waals surface area contributed by atoms with Crippen molar-refractivity contribution in [2.45, 2.75) is 18.3 Å². The summed E-state index contributed by atoms with van der Waals surface area (Å²) in [5.41, 5.74) is 2.49. The number of benzene rings is 1. The first kappa shape index (κ1) is 10.8. The van der Waals surface area contributed by atoms with Crippen LogP contribution in [-0.2, 0) is 5.41 Å². The number of para-hydroxylation sites is 1. The van der Waals surface area contributed by atoms with E-state index < -0.39 is 0 Å². The van der Waals surface area contributed by atoms with E-state index in [-0.39, 0.29) is 5.41 Å². The Hall–Kier alpha value is -2.12. The van der Waals surface area contributed by atoms with Gasteiger partial charge in [-0.1, -0.05) is 18.2 Å². The molecule has 0 saturated heterocycles. The van der Waals surface area contributed by atoms with Gasteiger partial charge in [-0.25, -0.2) is 4.98 Å². The number of thiazole rings is 1. The van der Waals surface area contributed by atoms with Crippen molar-refractivity contribution in [1.29, 1.82) is 5.26 Å². The van der Waals surface area contributed by atoms with Crippen LogP contribution in [0, 0.1) is 11.3 Å². The van der Waals surface area contributed by atoms with E-state index in [0.29, 0.717) is 0 Å². The monoisotopic (exact) mass is 266 g/mol. The number of nitrogens with zero attached hydrogens (tertiary/aromatic N) is 2. The Balaban J connectivity index is 1.83. The number of aromatic nitrogens is 1. The van der Waals surface area contributed by atoms with Gasteiger partial charge in [0.05, 0.1) is 17.3 Å². The summed E-state index contributed by atoms with van der Waals surface area (Å²) in [6.07, 6.45) is 3.61. The van der Waals surface area contributed by atoms with Gasteiger partial charge in [0.15, 0.2) is 0 Å². The SMILES string of the molecule is N#CC1(c2csc(-c3coc4ccccc34)n2)CC1. The summed E-state index contributed by atoms with van der Waals surface area (Å²) in [7, 11) is 0. The molecule has 1 saturated carbocycles. The fraction of sp³-hybridized carbons (Fsp3) is 0.200. The third-order valence-electron chi connectivity index (χ3n) is 3.67. The molecule has 3 nitrogen and oxygen atoms in total. The molecule has 2 aromatic heterocycles. The molecule has 1 aliphatic carbocycles. The zero-order valence-electron chi connectivity index (χ0n) is 10.1. The molecule has 0 N–H and O–H groups in total. The van der Waals surface area contributed by atoms with E-state index >= 15 is 0 Å². The van der Waals surface area contributed by atoms with Crippen molar-refractivity contribution in [3.63, 3.8) is 0 Å².